The Kier molecular flexibility index (Phi) is 3.73. The average Bonchev–Trinajstić information content (AvgIpc) is 2.78. The van der Waals surface area contributed by atoms with Crippen LogP contribution in [0.4, 0.5) is 0 Å². The molecule has 0 aliphatic heterocycles. The van der Waals surface area contributed by atoms with E-state index >= 15 is 0 Å². The third kappa shape index (κ3) is 3.11. The summed E-state index contributed by atoms with van der Waals surface area (Å²) in [6.45, 7) is 1.60. The van der Waals surface area contributed by atoms with Crippen molar-refractivity contribution in [2.24, 2.45) is 0 Å². The molecule has 0 atom stereocenters. The summed E-state index contributed by atoms with van der Waals surface area (Å²) in [5.74, 6) is 0.315. The normalized spacial score (nSPS) is 11.7. The van der Waals surface area contributed by atoms with E-state index in [2.05, 4.69) is 5.16 Å². The van der Waals surface area contributed by atoms with E-state index in [1.54, 1.807) is 37.3 Å². The van der Waals surface area contributed by atoms with E-state index in [1.807, 2.05) is 0 Å². The van der Waals surface area contributed by atoms with Crippen molar-refractivity contribution in [1.29, 1.82) is 0 Å². The molecule has 6 heteroatoms. The lowest BCUT2D eigenvalue weighted by atomic mass is 10.1. The number of benzene rings is 1. The van der Waals surface area contributed by atoms with Crippen LogP contribution in [0.2, 0.25) is 5.02 Å². The van der Waals surface area contributed by atoms with Crippen LogP contribution < -0.4 is 0 Å². The van der Waals surface area contributed by atoms with Gasteiger partial charge in [0.05, 0.1) is 0 Å². The quantitative estimate of drug-likeness (QED) is 0.866. The van der Waals surface area contributed by atoms with E-state index in [1.165, 1.54) is 0 Å². The van der Waals surface area contributed by atoms with Crippen molar-refractivity contribution >= 4 is 21.4 Å². The predicted molar refractivity (Wildman–Crippen MR) is 70.1 cm³/mol. The molecule has 0 aliphatic carbocycles. The minimum atomic E-state index is -3.10. The number of halogens is 1. The second-order valence-electron chi connectivity index (χ2n) is 3.86. The van der Waals surface area contributed by atoms with E-state index in [0.717, 1.165) is 5.56 Å². The van der Waals surface area contributed by atoms with Crippen molar-refractivity contribution in [1.82, 2.24) is 5.16 Å². The van der Waals surface area contributed by atoms with Crippen LogP contribution in [0.15, 0.2) is 34.9 Å². The molecular weight excluding hydrogens is 274 g/mol. The van der Waals surface area contributed by atoms with Crippen molar-refractivity contribution in [3.63, 3.8) is 0 Å². The summed E-state index contributed by atoms with van der Waals surface area (Å²) in [4.78, 5) is 0. The van der Waals surface area contributed by atoms with Gasteiger partial charge in [0.15, 0.2) is 15.6 Å². The molecule has 0 amide bonds. The molecule has 0 N–H and O–H groups in total. The first-order chi connectivity index (χ1) is 8.50. The molecule has 0 fully saturated rings. The summed E-state index contributed by atoms with van der Waals surface area (Å²) < 4.78 is 27.9. The van der Waals surface area contributed by atoms with Gasteiger partial charge in [-0.1, -0.05) is 35.8 Å². The third-order valence-electron chi connectivity index (χ3n) is 2.50. The van der Waals surface area contributed by atoms with E-state index in [-0.39, 0.29) is 11.5 Å². The standard InChI is InChI=1S/C12H12ClNO3S/c1-2-18(15,16)8-11-7-12(14-17-11)9-3-5-10(13)6-4-9/h3-7H,2,8H2,1H3. The van der Waals surface area contributed by atoms with Gasteiger partial charge >= 0.3 is 0 Å². The molecule has 0 spiro atoms. The minimum Gasteiger partial charge on any atom is -0.360 e. The molecule has 0 radical (unpaired) electrons. The lowest BCUT2D eigenvalue weighted by molar-refractivity contribution is 0.395. The second kappa shape index (κ2) is 5.12. The summed E-state index contributed by atoms with van der Waals surface area (Å²) in [5, 5.41) is 4.49. The third-order valence-corrected chi connectivity index (χ3v) is 4.36. The Hall–Kier alpha value is -1.33. The molecule has 1 aromatic heterocycles. The Balaban J connectivity index is 2.23. The second-order valence-corrected chi connectivity index (χ2v) is 6.65. The Morgan fingerprint density at radius 2 is 1.94 bits per heavy atom. The van der Waals surface area contributed by atoms with Crippen molar-refractivity contribution in [2.45, 2.75) is 12.7 Å². The zero-order valence-electron chi connectivity index (χ0n) is 9.76. The highest BCUT2D eigenvalue weighted by Crippen LogP contribution is 2.22. The first-order valence-electron chi connectivity index (χ1n) is 5.42. The molecule has 0 bridgehead atoms. The zero-order chi connectivity index (χ0) is 13.2. The fourth-order valence-electron chi connectivity index (χ4n) is 1.46. The Morgan fingerprint density at radius 1 is 1.28 bits per heavy atom. The maximum absolute atomic E-state index is 11.5. The van der Waals surface area contributed by atoms with Gasteiger partial charge in [-0.2, -0.15) is 0 Å². The first-order valence-corrected chi connectivity index (χ1v) is 7.62. The van der Waals surface area contributed by atoms with Crippen molar-refractivity contribution in [3.05, 3.63) is 41.1 Å². The summed E-state index contributed by atoms with van der Waals surface area (Å²) in [7, 11) is -3.10. The van der Waals surface area contributed by atoms with Crippen LogP contribution in [0.5, 0.6) is 0 Å². The van der Waals surface area contributed by atoms with Crippen molar-refractivity contribution < 1.29 is 12.9 Å². The van der Waals surface area contributed by atoms with Crippen molar-refractivity contribution in [2.75, 3.05) is 5.75 Å². The number of hydrogen-bond acceptors (Lipinski definition) is 4. The molecule has 1 heterocycles. The Morgan fingerprint density at radius 3 is 2.56 bits per heavy atom. The number of rotatable bonds is 4. The van der Waals surface area contributed by atoms with Gasteiger partial charge in [0.2, 0.25) is 0 Å². The van der Waals surface area contributed by atoms with Crippen molar-refractivity contribution in [3.8, 4) is 11.3 Å². The van der Waals surface area contributed by atoms with Gasteiger partial charge in [-0.05, 0) is 12.1 Å². The summed E-state index contributed by atoms with van der Waals surface area (Å²) in [6, 6.07) is 8.73. The molecule has 0 saturated carbocycles. The molecule has 96 valence electrons. The van der Waals surface area contributed by atoms with E-state index in [4.69, 9.17) is 16.1 Å². The molecule has 2 aromatic rings. The highest BCUT2D eigenvalue weighted by molar-refractivity contribution is 7.90. The smallest absolute Gasteiger partial charge is 0.157 e. The maximum Gasteiger partial charge on any atom is 0.157 e. The molecule has 0 unspecified atom stereocenters. The average molecular weight is 286 g/mol. The predicted octanol–water partition coefficient (Wildman–Crippen LogP) is 2.93. The van der Waals surface area contributed by atoms with E-state index in [9.17, 15) is 8.42 Å². The van der Waals surface area contributed by atoms with Gasteiger partial charge in [-0.25, -0.2) is 8.42 Å². The zero-order valence-corrected chi connectivity index (χ0v) is 11.3. The summed E-state index contributed by atoms with van der Waals surface area (Å²) in [5.41, 5.74) is 1.44. The lowest BCUT2D eigenvalue weighted by Gasteiger charge is -1.95. The van der Waals surface area contributed by atoms with Crippen LogP contribution in [0.1, 0.15) is 12.7 Å². The van der Waals surface area contributed by atoms with E-state index in [0.29, 0.717) is 16.5 Å². The Bertz CT molecular complexity index is 632. The molecule has 4 nitrogen and oxygen atoms in total. The minimum absolute atomic E-state index is 0.0873. The molecule has 2 rings (SSSR count). The van der Waals surface area contributed by atoms with Gasteiger partial charge in [0, 0.05) is 22.4 Å². The highest BCUT2D eigenvalue weighted by atomic mass is 35.5. The molecule has 1 aromatic carbocycles. The van der Waals surface area contributed by atoms with Crippen LogP contribution >= 0.6 is 11.6 Å². The van der Waals surface area contributed by atoms with Gasteiger partial charge in [0.1, 0.15) is 11.4 Å². The summed E-state index contributed by atoms with van der Waals surface area (Å²) in [6.07, 6.45) is 0. The maximum atomic E-state index is 11.5. The fourth-order valence-corrected chi connectivity index (χ4v) is 2.36. The molecular formula is C12H12ClNO3S. The highest BCUT2D eigenvalue weighted by Gasteiger charge is 2.14. The van der Waals surface area contributed by atoms with Crippen LogP contribution in [0.25, 0.3) is 11.3 Å². The number of hydrogen-bond donors (Lipinski definition) is 0. The van der Waals surface area contributed by atoms with Gasteiger partial charge < -0.3 is 4.52 Å². The van der Waals surface area contributed by atoms with E-state index < -0.39 is 9.84 Å². The fraction of sp³-hybridized carbons (Fsp3) is 0.250. The molecule has 0 aliphatic rings. The Labute approximate surface area is 110 Å². The number of sulfone groups is 1. The topological polar surface area (TPSA) is 60.2 Å². The number of nitrogens with zero attached hydrogens (tertiary/aromatic N) is 1. The lowest BCUT2D eigenvalue weighted by Crippen LogP contribution is -2.05. The van der Waals surface area contributed by atoms with Gasteiger partial charge in [-0.3, -0.25) is 0 Å². The monoisotopic (exact) mass is 285 g/mol. The van der Waals surface area contributed by atoms with Gasteiger partial charge in [0.25, 0.3) is 0 Å². The number of aromatic nitrogens is 1. The SMILES string of the molecule is CCS(=O)(=O)Cc1cc(-c2ccc(Cl)cc2)no1. The molecule has 0 saturated heterocycles. The largest absolute Gasteiger partial charge is 0.360 e. The summed E-state index contributed by atoms with van der Waals surface area (Å²) >= 11 is 5.79. The van der Waals surface area contributed by atoms with Crippen LogP contribution in [0.3, 0.4) is 0 Å². The first kappa shape index (κ1) is 13.1. The van der Waals surface area contributed by atoms with Gasteiger partial charge in [-0.15, -0.1) is 0 Å². The van der Waals surface area contributed by atoms with Crippen LogP contribution in [-0.4, -0.2) is 19.3 Å². The molecule has 18 heavy (non-hydrogen) atoms. The van der Waals surface area contributed by atoms with Crippen LogP contribution in [0, 0.1) is 0 Å². The van der Waals surface area contributed by atoms with Crippen LogP contribution in [-0.2, 0) is 15.6 Å².